The molecule has 0 radical (unpaired) electrons. The number of benzene rings is 1. The molecule has 1 fully saturated rings. The van der Waals surface area contributed by atoms with Gasteiger partial charge in [0, 0.05) is 20.0 Å². The fourth-order valence-corrected chi connectivity index (χ4v) is 3.01. The van der Waals surface area contributed by atoms with Gasteiger partial charge in [-0.3, -0.25) is 4.79 Å². The predicted molar refractivity (Wildman–Crippen MR) is 89.5 cm³/mol. The van der Waals surface area contributed by atoms with Gasteiger partial charge in [-0.2, -0.15) is 0 Å². The molecule has 1 N–H and O–H groups in total. The van der Waals surface area contributed by atoms with E-state index in [9.17, 15) is 13.6 Å². The number of carbonyl (C=O) groups excluding carboxylic acids is 1. The van der Waals surface area contributed by atoms with Gasteiger partial charge in [-0.05, 0) is 55.5 Å². The van der Waals surface area contributed by atoms with Crippen molar-refractivity contribution < 1.29 is 13.6 Å². The second-order valence-corrected chi connectivity index (χ2v) is 6.27. The van der Waals surface area contributed by atoms with Crippen molar-refractivity contribution in [3.63, 3.8) is 0 Å². The fourth-order valence-electron chi connectivity index (χ4n) is 3.01. The van der Waals surface area contributed by atoms with Crippen LogP contribution in [-0.4, -0.2) is 30.9 Å². The maximum atomic E-state index is 13.2. The lowest BCUT2D eigenvalue weighted by molar-refractivity contribution is -0.131. The number of piperidine rings is 1. The smallest absolute Gasteiger partial charge is 0.222 e. The molecular formula is C17H25ClF2N2O. The Morgan fingerprint density at radius 1 is 1.30 bits per heavy atom. The van der Waals surface area contributed by atoms with Crippen LogP contribution >= 0.6 is 12.4 Å². The van der Waals surface area contributed by atoms with Crippen molar-refractivity contribution in [1.29, 1.82) is 0 Å². The molecule has 0 saturated carbocycles. The van der Waals surface area contributed by atoms with Crippen LogP contribution in [0.4, 0.5) is 8.78 Å². The summed E-state index contributed by atoms with van der Waals surface area (Å²) >= 11 is 0. The van der Waals surface area contributed by atoms with E-state index in [1.165, 1.54) is 6.07 Å². The third-order valence-corrected chi connectivity index (χ3v) is 4.51. The van der Waals surface area contributed by atoms with E-state index in [4.69, 9.17) is 0 Å². The van der Waals surface area contributed by atoms with Gasteiger partial charge in [0.15, 0.2) is 11.6 Å². The van der Waals surface area contributed by atoms with Crippen molar-refractivity contribution in [2.75, 3.05) is 20.1 Å². The standard InChI is InChI=1S/C17H24F2N2O.ClH/c1-12(14-5-7-20-8-6-14)9-17(22)21(2)11-13-3-4-15(18)16(19)10-13;/h3-4,10,12,14,20H,5-9,11H2,1-2H3;1H. The first-order valence-corrected chi connectivity index (χ1v) is 7.86. The molecule has 2 rings (SSSR count). The quantitative estimate of drug-likeness (QED) is 0.886. The number of amides is 1. The van der Waals surface area contributed by atoms with Crippen molar-refractivity contribution in [1.82, 2.24) is 10.2 Å². The zero-order valence-electron chi connectivity index (χ0n) is 13.6. The molecule has 0 aliphatic carbocycles. The second-order valence-electron chi connectivity index (χ2n) is 6.27. The highest BCUT2D eigenvalue weighted by Crippen LogP contribution is 2.25. The molecule has 1 atom stereocenters. The average molecular weight is 347 g/mol. The van der Waals surface area contributed by atoms with Gasteiger partial charge < -0.3 is 10.2 Å². The number of rotatable bonds is 5. The Morgan fingerprint density at radius 2 is 1.96 bits per heavy atom. The Morgan fingerprint density at radius 3 is 2.57 bits per heavy atom. The monoisotopic (exact) mass is 346 g/mol. The highest BCUT2D eigenvalue weighted by molar-refractivity contribution is 5.85. The molecule has 0 bridgehead atoms. The Hall–Kier alpha value is -1.20. The Bertz CT molecular complexity index is 521. The normalized spacial score (nSPS) is 16.5. The molecular weight excluding hydrogens is 322 g/mol. The van der Waals surface area contributed by atoms with Crippen LogP contribution in [0, 0.1) is 23.5 Å². The molecule has 0 spiro atoms. The van der Waals surface area contributed by atoms with E-state index < -0.39 is 11.6 Å². The van der Waals surface area contributed by atoms with Crippen molar-refractivity contribution in [3.8, 4) is 0 Å². The molecule has 1 heterocycles. The molecule has 1 unspecified atom stereocenters. The predicted octanol–water partition coefficient (Wildman–Crippen LogP) is 3.37. The summed E-state index contributed by atoms with van der Waals surface area (Å²) in [6, 6.07) is 3.76. The maximum Gasteiger partial charge on any atom is 0.222 e. The average Bonchev–Trinajstić information content (AvgIpc) is 2.51. The first-order chi connectivity index (χ1) is 10.5. The van der Waals surface area contributed by atoms with Crippen molar-refractivity contribution in [2.24, 2.45) is 11.8 Å². The second kappa shape index (κ2) is 9.18. The van der Waals surface area contributed by atoms with Crippen LogP contribution in [0.15, 0.2) is 18.2 Å². The number of nitrogens with zero attached hydrogens (tertiary/aromatic N) is 1. The van der Waals surface area contributed by atoms with Crippen LogP contribution in [0.25, 0.3) is 0 Å². The van der Waals surface area contributed by atoms with Crippen LogP contribution < -0.4 is 5.32 Å². The van der Waals surface area contributed by atoms with E-state index in [-0.39, 0.29) is 18.3 Å². The molecule has 6 heteroatoms. The van der Waals surface area contributed by atoms with Crippen LogP contribution in [0.2, 0.25) is 0 Å². The van der Waals surface area contributed by atoms with E-state index in [0.717, 1.165) is 38.1 Å². The zero-order valence-corrected chi connectivity index (χ0v) is 14.5. The van der Waals surface area contributed by atoms with E-state index in [2.05, 4.69) is 12.2 Å². The Balaban J connectivity index is 0.00000264. The lowest BCUT2D eigenvalue weighted by Crippen LogP contribution is -2.34. The van der Waals surface area contributed by atoms with Crippen molar-refractivity contribution >= 4 is 18.3 Å². The van der Waals surface area contributed by atoms with E-state index in [1.54, 1.807) is 11.9 Å². The largest absolute Gasteiger partial charge is 0.341 e. The van der Waals surface area contributed by atoms with Crippen LogP contribution in [0.3, 0.4) is 0 Å². The zero-order chi connectivity index (χ0) is 16.1. The van der Waals surface area contributed by atoms with Crippen molar-refractivity contribution in [3.05, 3.63) is 35.4 Å². The first kappa shape index (κ1) is 19.8. The fraction of sp³-hybridized carbons (Fsp3) is 0.588. The van der Waals surface area contributed by atoms with Gasteiger partial charge in [-0.25, -0.2) is 8.78 Å². The highest BCUT2D eigenvalue weighted by Gasteiger charge is 2.23. The van der Waals surface area contributed by atoms with Crippen LogP contribution in [0.1, 0.15) is 31.7 Å². The maximum absolute atomic E-state index is 13.2. The molecule has 1 saturated heterocycles. The van der Waals surface area contributed by atoms with Gasteiger partial charge in [-0.15, -0.1) is 12.4 Å². The Kier molecular flexibility index (Phi) is 7.92. The van der Waals surface area contributed by atoms with Gasteiger partial charge in [0.2, 0.25) is 5.91 Å². The summed E-state index contributed by atoms with van der Waals surface area (Å²) in [4.78, 5) is 13.9. The molecule has 0 aromatic heterocycles. The summed E-state index contributed by atoms with van der Waals surface area (Å²) in [5.41, 5.74) is 0.601. The molecule has 1 amide bonds. The summed E-state index contributed by atoms with van der Waals surface area (Å²) in [5, 5.41) is 3.33. The molecule has 1 aliphatic heterocycles. The minimum atomic E-state index is -0.874. The van der Waals surface area contributed by atoms with Crippen molar-refractivity contribution in [2.45, 2.75) is 32.7 Å². The molecule has 1 aromatic carbocycles. The van der Waals surface area contributed by atoms with E-state index in [1.807, 2.05) is 0 Å². The lowest BCUT2D eigenvalue weighted by Gasteiger charge is -2.29. The van der Waals surface area contributed by atoms with E-state index >= 15 is 0 Å². The minimum Gasteiger partial charge on any atom is -0.341 e. The third-order valence-electron chi connectivity index (χ3n) is 4.51. The SMILES string of the molecule is CC(CC(=O)N(C)Cc1ccc(F)c(F)c1)C1CCNCC1.Cl. The number of halogens is 3. The van der Waals surface area contributed by atoms with Gasteiger partial charge >= 0.3 is 0 Å². The Labute approximate surface area is 142 Å². The first-order valence-electron chi connectivity index (χ1n) is 7.86. The van der Waals surface area contributed by atoms with Crippen LogP contribution in [-0.2, 0) is 11.3 Å². The highest BCUT2D eigenvalue weighted by atomic mass is 35.5. The summed E-state index contributed by atoms with van der Waals surface area (Å²) in [7, 11) is 1.71. The molecule has 3 nitrogen and oxygen atoms in total. The third kappa shape index (κ3) is 5.74. The van der Waals surface area contributed by atoms with Gasteiger partial charge in [0.25, 0.3) is 0 Å². The summed E-state index contributed by atoms with van der Waals surface area (Å²) in [5.74, 6) is -0.752. The van der Waals surface area contributed by atoms with Gasteiger partial charge in [-0.1, -0.05) is 13.0 Å². The molecule has 1 aliphatic rings. The minimum absolute atomic E-state index is 0. The summed E-state index contributed by atoms with van der Waals surface area (Å²) < 4.78 is 26.1. The van der Waals surface area contributed by atoms with Gasteiger partial charge in [0.1, 0.15) is 0 Å². The molecule has 130 valence electrons. The number of hydrogen-bond acceptors (Lipinski definition) is 2. The topological polar surface area (TPSA) is 32.3 Å². The molecule has 23 heavy (non-hydrogen) atoms. The lowest BCUT2D eigenvalue weighted by atomic mass is 9.84. The molecule has 1 aromatic rings. The summed E-state index contributed by atoms with van der Waals surface area (Å²) in [6.07, 6.45) is 2.73. The summed E-state index contributed by atoms with van der Waals surface area (Å²) in [6.45, 7) is 4.47. The van der Waals surface area contributed by atoms with Crippen LogP contribution in [0.5, 0.6) is 0 Å². The number of carbonyl (C=O) groups is 1. The van der Waals surface area contributed by atoms with Gasteiger partial charge in [0.05, 0.1) is 0 Å². The number of hydrogen-bond donors (Lipinski definition) is 1. The van der Waals surface area contributed by atoms with E-state index in [0.29, 0.717) is 30.4 Å². The number of nitrogens with one attached hydrogen (secondary N) is 1.